The maximum Gasteiger partial charge on any atom is 0.335 e. The number of nitriles is 1. The Morgan fingerprint density at radius 1 is 1.38 bits per heavy atom. The van der Waals surface area contributed by atoms with Crippen molar-refractivity contribution in [2.24, 2.45) is 0 Å². The molecule has 2 N–H and O–H groups in total. The Hall–Kier alpha value is -1.92. The number of carboxylic acids is 1. The molecule has 0 aliphatic carbocycles. The molecule has 7 nitrogen and oxygen atoms in total. The lowest BCUT2D eigenvalue weighted by Crippen LogP contribution is -2.31. The van der Waals surface area contributed by atoms with Gasteiger partial charge in [0.2, 0.25) is 5.91 Å². The Morgan fingerprint density at radius 2 is 2.05 bits per heavy atom. The van der Waals surface area contributed by atoms with E-state index in [1.807, 2.05) is 6.07 Å². The third-order valence-electron chi connectivity index (χ3n) is 2.39. The van der Waals surface area contributed by atoms with Crippen molar-refractivity contribution in [3.63, 3.8) is 0 Å². The van der Waals surface area contributed by atoms with Gasteiger partial charge in [-0.2, -0.15) is 5.26 Å². The largest absolute Gasteiger partial charge is 0.478 e. The van der Waals surface area contributed by atoms with Gasteiger partial charge in [-0.3, -0.25) is 4.79 Å². The van der Waals surface area contributed by atoms with Crippen LogP contribution in [0.2, 0.25) is 0 Å². The molecule has 0 saturated heterocycles. The van der Waals surface area contributed by atoms with Gasteiger partial charge < -0.3 is 10.4 Å². The number of hydrogen-bond donors (Lipinski definition) is 2. The highest BCUT2D eigenvalue weighted by atomic mass is 79.9. The van der Waals surface area contributed by atoms with Crippen LogP contribution in [0.15, 0.2) is 27.6 Å². The number of rotatable bonds is 6. The molecule has 0 heterocycles. The van der Waals surface area contributed by atoms with Gasteiger partial charge >= 0.3 is 5.97 Å². The van der Waals surface area contributed by atoms with Gasteiger partial charge in [0.05, 0.1) is 22.9 Å². The van der Waals surface area contributed by atoms with E-state index in [2.05, 4.69) is 21.2 Å². The van der Waals surface area contributed by atoms with Gasteiger partial charge in [0.15, 0.2) is 9.84 Å². The average Bonchev–Trinajstić information content (AvgIpc) is 2.38. The van der Waals surface area contributed by atoms with E-state index in [1.54, 1.807) is 0 Å². The fourth-order valence-electron chi connectivity index (χ4n) is 1.43. The number of halogens is 1. The zero-order valence-electron chi connectivity index (χ0n) is 10.7. The van der Waals surface area contributed by atoms with E-state index in [9.17, 15) is 18.0 Å². The fourth-order valence-corrected chi connectivity index (χ4v) is 3.69. The molecule has 0 aliphatic rings. The van der Waals surface area contributed by atoms with Gasteiger partial charge in [-0.15, -0.1) is 0 Å². The average molecular weight is 375 g/mol. The summed E-state index contributed by atoms with van der Waals surface area (Å²) in [6.07, 6.45) is 0.0734. The van der Waals surface area contributed by atoms with Gasteiger partial charge in [0.1, 0.15) is 5.75 Å². The van der Waals surface area contributed by atoms with E-state index in [4.69, 9.17) is 10.4 Å². The van der Waals surface area contributed by atoms with E-state index >= 15 is 0 Å². The molecule has 0 bridgehead atoms. The summed E-state index contributed by atoms with van der Waals surface area (Å²) in [4.78, 5) is 22.1. The number of hydrogen-bond acceptors (Lipinski definition) is 5. The molecule has 0 aliphatic heterocycles. The molecule has 9 heteroatoms. The molecule has 1 aromatic rings. The van der Waals surface area contributed by atoms with E-state index < -0.39 is 27.5 Å². The first kappa shape index (κ1) is 17.1. The third-order valence-corrected chi connectivity index (χ3v) is 5.00. The molecule has 0 atom stereocenters. The molecule has 112 valence electrons. The number of amides is 1. The molecule has 0 radical (unpaired) electrons. The first-order valence-electron chi connectivity index (χ1n) is 5.67. The molecule has 0 saturated carbocycles. The van der Waals surface area contributed by atoms with E-state index in [0.717, 1.165) is 6.07 Å². The quantitative estimate of drug-likeness (QED) is 0.714. The van der Waals surface area contributed by atoms with Crippen LogP contribution in [-0.2, 0) is 14.6 Å². The highest BCUT2D eigenvalue weighted by Gasteiger charge is 2.23. The molecule has 1 rings (SSSR count). The SMILES string of the molecule is N#CCCNC(=O)CS(=O)(=O)c1cc(C(=O)O)ccc1Br. The molecule has 1 amide bonds. The van der Waals surface area contributed by atoms with E-state index in [1.165, 1.54) is 12.1 Å². The minimum Gasteiger partial charge on any atom is -0.478 e. The number of nitrogens with one attached hydrogen (secondary N) is 1. The highest BCUT2D eigenvalue weighted by molar-refractivity contribution is 9.10. The number of aromatic carboxylic acids is 1. The normalized spacial score (nSPS) is 10.7. The second kappa shape index (κ2) is 7.19. The van der Waals surface area contributed by atoms with Crippen LogP contribution >= 0.6 is 15.9 Å². The number of sulfone groups is 1. The number of carbonyl (C=O) groups is 2. The predicted molar refractivity (Wildman–Crippen MR) is 76.4 cm³/mol. The molecule has 0 aromatic heterocycles. The Bertz CT molecular complexity index is 709. The second-order valence-electron chi connectivity index (χ2n) is 3.97. The standard InChI is InChI=1S/C12H11BrN2O5S/c13-9-3-2-8(12(17)18)6-10(9)21(19,20)7-11(16)15-5-1-4-14/h2-3,6H,1,5,7H2,(H,15,16)(H,17,18). The predicted octanol–water partition coefficient (Wildman–Crippen LogP) is 0.951. The van der Waals surface area contributed by atoms with Gasteiger partial charge in [-0.1, -0.05) is 0 Å². The fraction of sp³-hybridized carbons (Fsp3) is 0.250. The molecular weight excluding hydrogens is 364 g/mol. The van der Waals surface area contributed by atoms with Crippen LogP contribution in [-0.4, -0.2) is 37.7 Å². The van der Waals surface area contributed by atoms with Crippen LogP contribution in [0, 0.1) is 11.3 Å². The number of benzene rings is 1. The minimum absolute atomic E-state index is 0.0567. The first-order chi connectivity index (χ1) is 9.77. The zero-order valence-corrected chi connectivity index (χ0v) is 13.1. The van der Waals surface area contributed by atoms with Crippen molar-refractivity contribution in [3.05, 3.63) is 28.2 Å². The van der Waals surface area contributed by atoms with Crippen molar-refractivity contribution >= 4 is 37.6 Å². The topological polar surface area (TPSA) is 124 Å². The Balaban J connectivity index is 2.98. The van der Waals surface area contributed by atoms with E-state index in [0.29, 0.717) is 0 Å². The van der Waals surface area contributed by atoms with Crippen molar-refractivity contribution in [1.29, 1.82) is 5.26 Å². The summed E-state index contributed by atoms with van der Waals surface area (Å²) in [5.41, 5.74) is -0.193. The van der Waals surface area contributed by atoms with Crippen molar-refractivity contribution in [2.45, 2.75) is 11.3 Å². The van der Waals surface area contributed by atoms with Crippen LogP contribution in [0.25, 0.3) is 0 Å². The van der Waals surface area contributed by atoms with Crippen molar-refractivity contribution in [1.82, 2.24) is 5.32 Å². The van der Waals surface area contributed by atoms with Gasteiger partial charge in [-0.05, 0) is 34.1 Å². The summed E-state index contributed by atoms with van der Waals surface area (Å²) >= 11 is 3.02. The van der Waals surface area contributed by atoms with Gasteiger partial charge in [-0.25, -0.2) is 13.2 Å². The highest BCUT2D eigenvalue weighted by Crippen LogP contribution is 2.24. The molecule has 21 heavy (non-hydrogen) atoms. The van der Waals surface area contributed by atoms with Crippen LogP contribution in [0.5, 0.6) is 0 Å². The monoisotopic (exact) mass is 374 g/mol. The molecule has 1 aromatic carbocycles. The molecule has 0 fully saturated rings. The minimum atomic E-state index is -3.99. The number of nitrogens with zero attached hydrogens (tertiary/aromatic N) is 1. The zero-order chi connectivity index (χ0) is 16.0. The van der Waals surface area contributed by atoms with Gasteiger partial charge in [0, 0.05) is 11.0 Å². The third kappa shape index (κ3) is 4.84. The maximum absolute atomic E-state index is 12.1. The lowest BCUT2D eigenvalue weighted by molar-refractivity contribution is -0.118. The van der Waals surface area contributed by atoms with Crippen LogP contribution in [0.3, 0.4) is 0 Å². The lowest BCUT2D eigenvalue weighted by atomic mass is 10.2. The number of carbonyl (C=O) groups excluding carboxylic acids is 1. The number of carboxylic acid groups (broad SMARTS) is 1. The van der Waals surface area contributed by atoms with Crippen molar-refractivity contribution in [3.8, 4) is 6.07 Å². The van der Waals surface area contributed by atoms with Crippen molar-refractivity contribution in [2.75, 3.05) is 12.3 Å². The Morgan fingerprint density at radius 3 is 2.62 bits per heavy atom. The summed E-state index contributed by atoms with van der Waals surface area (Å²) in [7, 11) is -3.99. The smallest absolute Gasteiger partial charge is 0.335 e. The summed E-state index contributed by atoms with van der Waals surface area (Å²) in [6.45, 7) is 0.0567. The van der Waals surface area contributed by atoms with Crippen LogP contribution in [0.1, 0.15) is 16.8 Å². The van der Waals surface area contributed by atoms with Crippen LogP contribution < -0.4 is 5.32 Å². The maximum atomic E-state index is 12.1. The summed E-state index contributed by atoms with van der Waals surface area (Å²) in [5.74, 6) is -2.84. The van der Waals surface area contributed by atoms with Crippen molar-refractivity contribution < 1.29 is 23.1 Å². The summed E-state index contributed by atoms with van der Waals surface area (Å²) in [5, 5.41) is 19.5. The summed E-state index contributed by atoms with van der Waals surface area (Å²) in [6, 6.07) is 5.34. The molecule has 0 spiro atoms. The molecule has 0 unspecified atom stereocenters. The second-order valence-corrected chi connectivity index (χ2v) is 6.78. The van der Waals surface area contributed by atoms with E-state index in [-0.39, 0.29) is 27.9 Å². The molecular formula is C12H11BrN2O5S. The Labute approximate surface area is 129 Å². The lowest BCUT2D eigenvalue weighted by Gasteiger charge is -2.08. The first-order valence-corrected chi connectivity index (χ1v) is 8.11. The summed E-state index contributed by atoms with van der Waals surface area (Å²) < 4.78 is 24.4. The van der Waals surface area contributed by atoms with Crippen LogP contribution in [0.4, 0.5) is 0 Å². The van der Waals surface area contributed by atoms with Gasteiger partial charge in [0.25, 0.3) is 0 Å². The Kier molecular flexibility index (Phi) is 5.87.